The van der Waals surface area contributed by atoms with Gasteiger partial charge in [0.2, 0.25) is 0 Å². The highest BCUT2D eigenvalue weighted by molar-refractivity contribution is 7.11. The normalized spacial score (nSPS) is 21.2. The van der Waals surface area contributed by atoms with E-state index in [9.17, 15) is 0 Å². The Morgan fingerprint density at radius 2 is 2.04 bits per heavy atom. The van der Waals surface area contributed by atoms with Crippen LogP contribution in [0.3, 0.4) is 0 Å². The molecule has 2 aliphatic rings. The number of hydrogen-bond acceptors (Lipinski definition) is 5. The number of ether oxygens (including phenoxy) is 1. The molecule has 0 amide bonds. The van der Waals surface area contributed by atoms with Crippen LogP contribution < -0.4 is 10.6 Å². The van der Waals surface area contributed by atoms with E-state index in [4.69, 9.17) is 9.73 Å². The molecule has 1 saturated carbocycles. The summed E-state index contributed by atoms with van der Waals surface area (Å²) in [5, 5.41) is 8.13. The lowest BCUT2D eigenvalue weighted by atomic mass is 9.73. The molecule has 0 radical (unpaired) electrons. The zero-order valence-electron chi connectivity index (χ0n) is 16.9. The van der Waals surface area contributed by atoms with E-state index in [-0.39, 0.29) is 0 Å². The molecule has 1 aliphatic heterocycles. The first-order chi connectivity index (χ1) is 13.2. The second-order valence-electron chi connectivity index (χ2n) is 7.86. The zero-order valence-corrected chi connectivity index (χ0v) is 17.7. The van der Waals surface area contributed by atoms with E-state index in [0.29, 0.717) is 12.0 Å². The quantitative estimate of drug-likeness (QED) is 0.551. The van der Waals surface area contributed by atoms with Crippen LogP contribution >= 0.6 is 11.3 Å². The number of nitrogens with one attached hydrogen (secondary N) is 2. The maximum Gasteiger partial charge on any atom is 0.191 e. The van der Waals surface area contributed by atoms with Gasteiger partial charge >= 0.3 is 0 Å². The first-order valence-electron chi connectivity index (χ1n) is 10.4. The molecular formula is C20H35N5OS. The summed E-state index contributed by atoms with van der Waals surface area (Å²) in [7, 11) is 0. The number of aryl methyl sites for hydroxylation is 1. The third kappa shape index (κ3) is 6.43. The molecule has 2 N–H and O–H groups in total. The van der Waals surface area contributed by atoms with Gasteiger partial charge in [-0.1, -0.05) is 19.3 Å². The monoisotopic (exact) mass is 393 g/mol. The van der Waals surface area contributed by atoms with Crippen LogP contribution in [0.25, 0.3) is 0 Å². The predicted molar refractivity (Wildman–Crippen MR) is 112 cm³/mol. The Morgan fingerprint density at radius 1 is 1.26 bits per heavy atom. The summed E-state index contributed by atoms with van der Waals surface area (Å²) >= 11 is 1.72. The Morgan fingerprint density at radius 3 is 2.70 bits per heavy atom. The molecule has 152 valence electrons. The van der Waals surface area contributed by atoms with Gasteiger partial charge in [0.25, 0.3) is 0 Å². The molecule has 0 atom stereocenters. The van der Waals surface area contributed by atoms with E-state index in [2.05, 4.69) is 34.4 Å². The topological polar surface area (TPSA) is 61.8 Å². The van der Waals surface area contributed by atoms with Crippen LogP contribution in [0.15, 0.2) is 11.2 Å². The standard InChI is InChI=1S/C20H35N5OS/c1-3-21-19(23-14-18-22-13-17(2)27-18)24-15-20(7-5-4-6-8-20)16-25-9-11-26-12-10-25/h13H,3-12,14-16H2,1-2H3,(H2,21,23,24). The van der Waals surface area contributed by atoms with Crippen LogP contribution in [0.2, 0.25) is 0 Å². The number of aliphatic imine (C=N–C) groups is 1. The minimum atomic E-state index is 0.351. The lowest BCUT2D eigenvalue weighted by Crippen LogP contribution is -2.51. The molecule has 7 heteroatoms. The van der Waals surface area contributed by atoms with Gasteiger partial charge in [0.1, 0.15) is 5.01 Å². The third-order valence-electron chi connectivity index (χ3n) is 5.59. The molecule has 1 aromatic rings. The fourth-order valence-electron chi connectivity index (χ4n) is 4.16. The summed E-state index contributed by atoms with van der Waals surface area (Å²) in [6.45, 7) is 11.8. The number of aromatic nitrogens is 1. The SMILES string of the molecule is CCNC(=NCc1ncc(C)s1)NCC1(CN2CCOCC2)CCCCC1. The van der Waals surface area contributed by atoms with Crippen LogP contribution in [0, 0.1) is 12.3 Å². The Balaban J connectivity index is 1.60. The van der Waals surface area contributed by atoms with Crippen LogP contribution in [0.5, 0.6) is 0 Å². The number of rotatable bonds is 7. The predicted octanol–water partition coefficient (Wildman–Crippen LogP) is 2.79. The number of nitrogens with zero attached hydrogens (tertiary/aromatic N) is 3. The summed E-state index contributed by atoms with van der Waals surface area (Å²) in [5.74, 6) is 0.914. The number of guanidine groups is 1. The third-order valence-corrected chi connectivity index (χ3v) is 6.49. The Labute approximate surface area is 167 Å². The zero-order chi connectivity index (χ0) is 19.0. The molecule has 0 unspecified atom stereocenters. The molecular weight excluding hydrogens is 358 g/mol. The van der Waals surface area contributed by atoms with Gasteiger partial charge in [0, 0.05) is 49.2 Å². The molecule has 27 heavy (non-hydrogen) atoms. The Hall–Kier alpha value is -1.18. The van der Waals surface area contributed by atoms with Gasteiger partial charge < -0.3 is 15.4 Å². The van der Waals surface area contributed by atoms with Crippen molar-refractivity contribution in [3.05, 3.63) is 16.1 Å². The van der Waals surface area contributed by atoms with Crippen molar-refractivity contribution >= 4 is 17.3 Å². The smallest absolute Gasteiger partial charge is 0.191 e. The molecule has 1 aromatic heterocycles. The molecule has 0 aromatic carbocycles. The number of hydrogen-bond donors (Lipinski definition) is 2. The van der Waals surface area contributed by atoms with Crippen molar-refractivity contribution < 1.29 is 4.74 Å². The second-order valence-corrected chi connectivity index (χ2v) is 9.18. The number of thiazole rings is 1. The van der Waals surface area contributed by atoms with Crippen LogP contribution in [0.1, 0.15) is 48.9 Å². The fraction of sp³-hybridized carbons (Fsp3) is 0.800. The van der Waals surface area contributed by atoms with E-state index in [1.54, 1.807) is 11.3 Å². The van der Waals surface area contributed by atoms with E-state index in [1.807, 2.05) is 6.20 Å². The molecule has 3 rings (SSSR count). The minimum Gasteiger partial charge on any atom is -0.379 e. The van der Waals surface area contributed by atoms with Gasteiger partial charge in [-0.2, -0.15) is 0 Å². The summed E-state index contributed by atoms with van der Waals surface area (Å²) in [6.07, 6.45) is 8.61. The lowest BCUT2D eigenvalue weighted by molar-refractivity contribution is 0.00820. The molecule has 2 fully saturated rings. The minimum absolute atomic E-state index is 0.351. The van der Waals surface area contributed by atoms with Crippen LogP contribution in [-0.4, -0.2) is 61.8 Å². The lowest BCUT2D eigenvalue weighted by Gasteiger charge is -2.42. The van der Waals surface area contributed by atoms with Crippen molar-refractivity contribution in [2.24, 2.45) is 10.4 Å². The van der Waals surface area contributed by atoms with E-state index >= 15 is 0 Å². The average molecular weight is 394 g/mol. The van der Waals surface area contributed by atoms with Crippen molar-refractivity contribution in [1.29, 1.82) is 0 Å². The van der Waals surface area contributed by atoms with Gasteiger partial charge in [-0.05, 0) is 26.7 Å². The van der Waals surface area contributed by atoms with Crippen molar-refractivity contribution in [2.45, 2.75) is 52.5 Å². The highest BCUT2D eigenvalue weighted by atomic mass is 32.1. The van der Waals surface area contributed by atoms with Gasteiger partial charge in [0.15, 0.2) is 5.96 Å². The van der Waals surface area contributed by atoms with Crippen LogP contribution in [0.4, 0.5) is 0 Å². The molecule has 1 aliphatic carbocycles. The Kier molecular flexibility index (Phi) is 7.91. The van der Waals surface area contributed by atoms with Crippen molar-refractivity contribution in [3.8, 4) is 0 Å². The first kappa shape index (κ1) is 20.6. The fourth-order valence-corrected chi connectivity index (χ4v) is 4.87. The van der Waals surface area contributed by atoms with E-state index in [0.717, 1.165) is 50.4 Å². The van der Waals surface area contributed by atoms with Crippen molar-refractivity contribution in [1.82, 2.24) is 20.5 Å². The first-order valence-corrected chi connectivity index (χ1v) is 11.2. The van der Waals surface area contributed by atoms with Crippen molar-refractivity contribution in [2.75, 3.05) is 45.9 Å². The van der Waals surface area contributed by atoms with Crippen LogP contribution in [-0.2, 0) is 11.3 Å². The number of morpholine rings is 1. The average Bonchev–Trinajstić information content (AvgIpc) is 3.11. The molecule has 2 heterocycles. The maximum absolute atomic E-state index is 5.54. The van der Waals surface area contributed by atoms with Gasteiger partial charge in [-0.15, -0.1) is 11.3 Å². The van der Waals surface area contributed by atoms with Gasteiger partial charge in [-0.3, -0.25) is 4.90 Å². The van der Waals surface area contributed by atoms with Gasteiger partial charge in [0.05, 0.1) is 19.8 Å². The highest BCUT2D eigenvalue weighted by Gasteiger charge is 2.34. The molecule has 0 spiro atoms. The summed E-state index contributed by atoms with van der Waals surface area (Å²) in [6, 6.07) is 0. The summed E-state index contributed by atoms with van der Waals surface area (Å²) in [5.41, 5.74) is 0.351. The second kappa shape index (κ2) is 10.4. The summed E-state index contributed by atoms with van der Waals surface area (Å²) < 4.78 is 5.54. The van der Waals surface area contributed by atoms with Crippen molar-refractivity contribution in [3.63, 3.8) is 0 Å². The van der Waals surface area contributed by atoms with E-state index in [1.165, 1.54) is 43.5 Å². The van der Waals surface area contributed by atoms with Gasteiger partial charge in [-0.25, -0.2) is 9.98 Å². The molecule has 6 nitrogen and oxygen atoms in total. The summed E-state index contributed by atoms with van der Waals surface area (Å²) in [4.78, 5) is 13.0. The van der Waals surface area contributed by atoms with E-state index < -0.39 is 0 Å². The largest absolute Gasteiger partial charge is 0.379 e. The highest BCUT2D eigenvalue weighted by Crippen LogP contribution is 2.36. The maximum atomic E-state index is 5.54. The Bertz CT molecular complexity index is 591. The molecule has 0 bridgehead atoms. The molecule has 1 saturated heterocycles.